The summed E-state index contributed by atoms with van der Waals surface area (Å²) >= 11 is 0. The van der Waals surface area contributed by atoms with Crippen molar-refractivity contribution in [3.63, 3.8) is 0 Å². The van der Waals surface area contributed by atoms with Crippen LogP contribution in [0.5, 0.6) is 5.75 Å². The van der Waals surface area contributed by atoms with Gasteiger partial charge in [0, 0.05) is 11.0 Å². The molecule has 0 atom stereocenters. The molecule has 0 bridgehead atoms. The van der Waals surface area contributed by atoms with Crippen LogP contribution < -0.4 is 4.74 Å². The minimum absolute atomic E-state index is 0.0869. The van der Waals surface area contributed by atoms with E-state index in [2.05, 4.69) is 0 Å². The van der Waals surface area contributed by atoms with Crippen molar-refractivity contribution in [2.75, 3.05) is 7.11 Å². The van der Waals surface area contributed by atoms with E-state index in [1.165, 1.54) is 0 Å². The van der Waals surface area contributed by atoms with Crippen LogP contribution in [0.3, 0.4) is 0 Å². The second-order valence-corrected chi connectivity index (χ2v) is 4.42. The summed E-state index contributed by atoms with van der Waals surface area (Å²) in [7, 11) is 1.14. The molecule has 0 heterocycles. The molecular weight excluding hydrogens is 249 g/mol. The van der Waals surface area contributed by atoms with Gasteiger partial charge in [-0.2, -0.15) is 4.39 Å². The normalized spacial score (nSPS) is 16.4. The fourth-order valence-corrected chi connectivity index (χ4v) is 2.15. The van der Waals surface area contributed by atoms with E-state index < -0.39 is 34.6 Å². The van der Waals surface area contributed by atoms with Crippen LogP contribution >= 0.6 is 0 Å². The van der Waals surface area contributed by atoms with Crippen LogP contribution in [0.25, 0.3) is 0 Å². The first kappa shape index (κ1) is 12.7. The quantitative estimate of drug-likeness (QED) is 0.846. The number of aliphatic carboxylic acids is 1. The first-order chi connectivity index (χ1) is 8.41. The Balaban J connectivity index is 2.54. The maximum absolute atomic E-state index is 13.5. The van der Waals surface area contributed by atoms with Crippen LogP contribution in [0.2, 0.25) is 0 Å². The van der Waals surface area contributed by atoms with Gasteiger partial charge in [0.15, 0.2) is 17.4 Å². The maximum Gasteiger partial charge on any atom is 0.304 e. The zero-order valence-corrected chi connectivity index (χ0v) is 9.60. The molecule has 0 unspecified atom stereocenters. The van der Waals surface area contributed by atoms with Crippen LogP contribution in [-0.4, -0.2) is 18.2 Å². The second kappa shape index (κ2) is 4.19. The van der Waals surface area contributed by atoms with Crippen LogP contribution in [0.15, 0.2) is 6.07 Å². The number of methoxy groups -OCH3 is 1. The lowest BCUT2D eigenvalue weighted by Gasteiger charge is -2.18. The Labute approximate surface area is 101 Å². The smallest absolute Gasteiger partial charge is 0.304 e. The van der Waals surface area contributed by atoms with Crippen molar-refractivity contribution in [2.45, 2.75) is 24.7 Å². The summed E-state index contributed by atoms with van der Waals surface area (Å²) in [5.41, 5.74) is -0.754. The van der Waals surface area contributed by atoms with Crippen LogP contribution in [0, 0.1) is 17.5 Å². The number of benzene rings is 1. The molecule has 1 fully saturated rings. The molecule has 1 saturated carbocycles. The number of hydrogen-bond donors (Lipinski definition) is 1. The molecular formula is C12H11F3O3. The van der Waals surface area contributed by atoms with Gasteiger partial charge in [-0.05, 0) is 18.9 Å². The van der Waals surface area contributed by atoms with E-state index in [4.69, 9.17) is 9.84 Å². The molecule has 0 radical (unpaired) electrons. The van der Waals surface area contributed by atoms with Gasteiger partial charge in [0.05, 0.1) is 13.5 Å². The Morgan fingerprint density at radius 1 is 1.39 bits per heavy atom. The van der Waals surface area contributed by atoms with E-state index in [0.29, 0.717) is 12.8 Å². The van der Waals surface area contributed by atoms with Gasteiger partial charge in [0.2, 0.25) is 5.82 Å². The Morgan fingerprint density at radius 2 is 2.00 bits per heavy atom. The van der Waals surface area contributed by atoms with Crippen molar-refractivity contribution in [1.29, 1.82) is 0 Å². The van der Waals surface area contributed by atoms with Crippen LogP contribution in [0.4, 0.5) is 13.2 Å². The third-order valence-corrected chi connectivity index (χ3v) is 3.24. The summed E-state index contributed by atoms with van der Waals surface area (Å²) in [6.07, 6.45) is 0.716. The first-order valence-corrected chi connectivity index (χ1v) is 5.35. The van der Waals surface area contributed by atoms with Gasteiger partial charge >= 0.3 is 5.97 Å². The number of ether oxygens (including phenoxy) is 1. The largest absolute Gasteiger partial charge is 0.493 e. The lowest BCUT2D eigenvalue weighted by Crippen LogP contribution is -2.16. The van der Waals surface area contributed by atoms with Crippen molar-refractivity contribution in [1.82, 2.24) is 0 Å². The topological polar surface area (TPSA) is 46.5 Å². The molecule has 3 nitrogen and oxygen atoms in total. The van der Waals surface area contributed by atoms with Crippen molar-refractivity contribution in [3.8, 4) is 5.75 Å². The van der Waals surface area contributed by atoms with Gasteiger partial charge in [-0.1, -0.05) is 0 Å². The number of hydrogen-bond acceptors (Lipinski definition) is 2. The number of halogens is 3. The zero-order chi connectivity index (χ0) is 13.5. The van der Waals surface area contributed by atoms with Crippen molar-refractivity contribution >= 4 is 5.97 Å². The van der Waals surface area contributed by atoms with Crippen molar-refractivity contribution < 1.29 is 27.8 Å². The summed E-state index contributed by atoms with van der Waals surface area (Å²) in [6, 6.07) is 0.827. The molecule has 98 valence electrons. The Bertz CT molecular complexity index is 510. The SMILES string of the molecule is COc1c(C2(CC(=O)O)CC2)cc(F)c(F)c1F. The predicted molar refractivity (Wildman–Crippen MR) is 56.0 cm³/mol. The lowest BCUT2D eigenvalue weighted by molar-refractivity contribution is -0.137. The van der Waals surface area contributed by atoms with E-state index in [1.54, 1.807) is 0 Å². The van der Waals surface area contributed by atoms with E-state index in [9.17, 15) is 18.0 Å². The van der Waals surface area contributed by atoms with Crippen molar-refractivity contribution in [2.24, 2.45) is 0 Å². The van der Waals surface area contributed by atoms with E-state index >= 15 is 0 Å². The number of carboxylic acids is 1. The highest BCUT2D eigenvalue weighted by molar-refractivity contribution is 5.70. The van der Waals surface area contributed by atoms with Crippen LogP contribution in [0.1, 0.15) is 24.8 Å². The van der Waals surface area contributed by atoms with Crippen molar-refractivity contribution in [3.05, 3.63) is 29.1 Å². The first-order valence-electron chi connectivity index (χ1n) is 5.35. The molecule has 1 aromatic carbocycles. The fraction of sp³-hybridized carbons (Fsp3) is 0.417. The Hall–Kier alpha value is -1.72. The molecule has 0 spiro atoms. The minimum Gasteiger partial charge on any atom is -0.493 e. The fourth-order valence-electron chi connectivity index (χ4n) is 2.15. The maximum atomic E-state index is 13.5. The third-order valence-electron chi connectivity index (χ3n) is 3.24. The molecule has 0 saturated heterocycles. The van der Waals surface area contributed by atoms with Gasteiger partial charge in [0.1, 0.15) is 0 Å². The third kappa shape index (κ3) is 1.91. The van der Waals surface area contributed by atoms with Gasteiger partial charge in [0.25, 0.3) is 0 Å². The second-order valence-electron chi connectivity index (χ2n) is 4.42. The molecule has 0 amide bonds. The monoisotopic (exact) mass is 260 g/mol. The summed E-state index contributed by atoms with van der Waals surface area (Å²) < 4.78 is 44.6. The van der Waals surface area contributed by atoms with E-state index in [0.717, 1.165) is 13.2 Å². The summed E-state index contributed by atoms with van der Waals surface area (Å²) in [5.74, 6) is -5.84. The molecule has 1 aromatic rings. The molecule has 0 aliphatic heterocycles. The molecule has 0 aromatic heterocycles. The highest BCUT2D eigenvalue weighted by Crippen LogP contribution is 2.54. The number of rotatable bonds is 4. The summed E-state index contributed by atoms with van der Waals surface area (Å²) in [5, 5.41) is 8.80. The zero-order valence-electron chi connectivity index (χ0n) is 9.60. The average molecular weight is 260 g/mol. The standard InChI is InChI=1S/C12H11F3O3/c1-18-11-6(4-7(13)9(14)10(11)15)12(2-3-12)5-8(16)17/h4H,2-3,5H2,1H3,(H,16,17). The van der Waals surface area contributed by atoms with Gasteiger partial charge in [-0.25, -0.2) is 8.78 Å². The molecule has 1 aliphatic carbocycles. The van der Waals surface area contributed by atoms with E-state index in [1.807, 2.05) is 0 Å². The average Bonchev–Trinajstić information content (AvgIpc) is 3.05. The minimum atomic E-state index is -1.61. The number of carbonyl (C=O) groups is 1. The van der Waals surface area contributed by atoms with Gasteiger partial charge < -0.3 is 9.84 Å². The Kier molecular flexibility index (Phi) is 2.96. The predicted octanol–water partition coefficient (Wildman–Crippen LogP) is 2.62. The van der Waals surface area contributed by atoms with Crippen LogP contribution in [-0.2, 0) is 10.2 Å². The number of carboxylic acid groups (broad SMARTS) is 1. The Morgan fingerprint density at radius 3 is 2.44 bits per heavy atom. The molecule has 1 N–H and O–H groups in total. The summed E-state index contributed by atoms with van der Waals surface area (Å²) in [4.78, 5) is 10.8. The highest BCUT2D eigenvalue weighted by Gasteiger charge is 2.49. The molecule has 6 heteroatoms. The molecule has 2 rings (SSSR count). The lowest BCUT2D eigenvalue weighted by atomic mass is 9.91. The van der Waals surface area contributed by atoms with Gasteiger partial charge in [-0.3, -0.25) is 4.79 Å². The molecule has 1 aliphatic rings. The van der Waals surface area contributed by atoms with E-state index in [-0.39, 0.29) is 12.0 Å². The highest BCUT2D eigenvalue weighted by atomic mass is 19.2. The van der Waals surface area contributed by atoms with Gasteiger partial charge in [-0.15, -0.1) is 0 Å². The molecule has 18 heavy (non-hydrogen) atoms. The summed E-state index contributed by atoms with van der Waals surface area (Å²) in [6.45, 7) is 0.